The van der Waals surface area contributed by atoms with E-state index >= 15 is 0 Å². The molecule has 1 aromatic carbocycles. The van der Waals surface area contributed by atoms with Crippen LogP contribution in [-0.4, -0.2) is 44.5 Å². The van der Waals surface area contributed by atoms with Crippen LogP contribution in [-0.2, 0) is 4.79 Å². The van der Waals surface area contributed by atoms with Crippen molar-refractivity contribution in [3.05, 3.63) is 42.1 Å². The summed E-state index contributed by atoms with van der Waals surface area (Å²) in [5, 5.41) is 9.92. The lowest BCUT2D eigenvalue weighted by atomic mass is 10.1. The lowest BCUT2D eigenvalue weighted by molar-refractivity contribution is -0.140. The molecule has 1 unspecified atom stereocenters. The van der Waals surface area contributed by atoms with Crippen molar-refractivity contribution in [2.45, 2.75) is 6.04 Å². The zero-order chi connectivity index (χ0) is 14.1. The zero-order valence-electron chi connectivity index (χ0n) is 10.5. The molecule has 1 atom stereocenters. The molecule has 20 heavy (non-hydrogen) atoms. The Hall–Kier alpha value is -2.08. The van der Waals surface area contributed by atoms with Crippen LogP contribution in [0.4, 0.5) is 0 Å². The van der Waals surface area contributed by atoms with Gasteiger partial charge in [-0.15, -0.1) is 11.8 Å². The van der Waals surface area contributed by atoms with Crippen LogP contribution in [0.5, 0.6) is 0 Å². The maximum atomic E-state index is 12.6. The number of carbonyl (C=O) groups is 2. The van der Waals surface area contributed by atoms with Gasteiger partial charge in [-0.2, -0.15) is 0 Å². The molecule has 6 heteroatoms. The number of fused-ring (bicyclic) bond motifs is 1. The standard InChI is InChI=1S/C14H12N2O3S/c17-13(16-8-20-7-12(16)14(18)19)10-5-6-15-11-4-2-1-3-9(10)11/h1-6,12H,7-8H2,(H,18,19). The molecule has 0 bridgehead atoms. The van der Waals surface area contributed by atoms with Crippen molar-refractivity contribution < 1.29 is 14.7 Å². The molecule has 1 aliphatic heterocycles. The highest BCUT2D eigenvalue weighted by molar-refractivity contribution is 7.99. The number of hydrogen-bond donors (Lipinski definition) is 1. The Morgan fingerprint density at radius 3 is 2.90 bits per heavy atom. The molecular formula is C14H12N2O3S. The number of para-hydroxylation sites is 1. The van der Waals surface area contributed by atoms with E-state index < -0.39 is 12.0 Å². The molecule has 2 aromatic rings. The zero-order valence-corrected chi connectivity index (χ0v) is 11.3. The fourth-order valence-electron chi connectivity index (χ4n) is 2.28. The van der Waals surface area contributed by atoms with E-state index in [0.29, 0.717) is 17.2 Å². The number of carbonyl (C=O) groups excluding carboxylic acids is 1. The molecule has 0 spiro atoms. The third-order valence-corrected chi connectivity index (χ3v) is 4.32. The summed E-state index contributed by atoms with van der Waals surface area (Å²) >= 11 is 1.46. The largest absolute Gasteiger partial charge is 0.480 e. The molecule has 0 saturated carbocycles. The van der Waals surface area contributed by atoms with Crippen LogP contribution in [0.25, 0.3) is 10.9 Å². The van der Waals surface area contributed by atoms with Crippen molar-refractivity contribution in [2.75, 3.05) is 11.6 Å². The summed E-state index contributed by atoms with van der Waals surface area (Å²) in [6.07, 6.45) is 1.58. The first-order chi connectivity index (χ1) is 9.68. The third-order valence-electron chi connectivity index (χ3n) is 3.31. The number of nitrogens with zero attached hydrogens (tertiary/aromatic N) is 2. The fourth-order valence-corrected chi connectivity index (χ4v) is 3.43. The lowest BCUT2D eigenvalue weighted by Gasteiger charge is -2.21. The molecule has 1 saturated heterocycles. The summed E-state index contributed by atoms with van der Waals surface area (Å²) in [4.78, 5) is 29.4. The van der Waals surface area contributed by atoms with Gasteiger partial charge in [0, 0.05) is 17.3 Å². The maximum Gasteiger partial charge on any atom is 0.327 e. The van der Waals surface area contributed by atoms with Gasteiger partial charge in [0.25, 0.3) is 5.91 Å². The smallest absolute Gasteiger partial charge is 0.327 e. The summed E-state index contributed by atoms with van der Waals surface area (Å²) in [7, 11) is 0. The molecular weight excluding hydrogens is 276 g/mol. The molecule has 3 rings (SSSR count). The molecule has 5 nitrogen and oxygen atoms in total. The van der Waals surface area contributed by atoms with Crippen LogP contribution in [0.2, 0.25) is 0 Å². The first kappa shape index (κ1) is 12.9. The van der Waals surface area contributed by atoms with Gasteiger partial charge in [-0.25, -0.2) is 4.79 Å². The predicted octanol–water partition coefficient (Wildman–Crippen LogP) is 1.83. The van der Waals surface area contributed by atoms with Crippen molar-refractivity contribution in [1.82, 2.24) is 9.88 Å². The minimum Gasteiger partial charge on any atom is -0.480 e. The molecule has 1 N–H and O–H groups in total. The highest BCUT2D eigenvalue weighted by atomic mass is 32.2. The summed E-state index contributed by atoms with van der Waals surface area (Å²) in [6.45, 7) is 0. The Bertz CT molecular complexity index is 684. The number of pyridine rings is 1. The quantitative estimate of drug-likeness (QED) is 0.913. The topological polar surface area (TPSA) is 70.5 Å². The lowest BCUT2D eigenvalue weighted by Crippen LogP contribution is -2.41. The Labute approximate surface area is 119 Å². The van der Waals surface area contributed by atoms with Crippen molar-refractivity contribution in [3.63, 3.8) is 0 Å². The molecule has 1 aromatic heterocycles. The second-order valence-electron chi connectivity index (χ2n) is 4.50. The van der Waals surface area contributed by atoms with Gasteiger partial charge in [0.05, 0.1) is 17.0 Å². The van der Waals surface area contributed by atoms with E-state index in [1.54, 1.807) is 12.3 Å². The molecule has 1 aliphatic rings. The average molecular weight is 288 g/mol. The number of hydrogen-bond acceptors (Lipinski definition) is 4. The minimum atomic E-state index is -0.957. The minimum absolute atomic E-state index is 0.249. The average Bonchev–Trinajstić information content (AvgIpc) is 2.95. The van der Waals surface area contributed by atoms with E-state index in [0.717, 1.165) is 10.9 Å². The van der Waals surface area contributed by atoms with Crippen molar-refractivity contribution in [2.24, 2.45) is 0 Å². The Balaban J connectivity index is 2.03. The van der Waals surface area contributed by atoms with Gasteiger partial charge in [0.1, 0.15) is 6.04 Å². The number of rotatable bonds is 2. The molecule has 2 heterocycles. The number of aromatic nitrogens is 1. The molecule has 0 radical (unpaired) electrons. The van der Waals surface area contributed by atoms with Gasteiger partial charge >= 0.3 is 5.97 Å². The number of amides is 1. The van der Waals surface area contributed by atoms with Gasteiger partial charge in [-0.3, -0.25) is 9.78 Å². The first-order valence-electron chi connectivity index (χ1n) is 6.14. The molecule has 1 fully saturated rings. The van der Waals surface area contributed by atoms with E-state index in [1.165, 1.54) is 16.7 Å². The maximum absolute atomic E-state index is 12.6. The summed E-state index contributed by atoms with van der Waals surface area (Å²) in [5.74, 6) is -0.362. The van der Waals surface area contributed by atoms with Gasteiger partial charge in [-0.05, 0) is 12.1 Å². The predicted molar refractivity (Wildman–Crippen MR) is 76.7 cm³/mol. The molecule has 1 amide bonds. The summed E-state index contributed by atoms with van der Waals surface area (Å²) in [5.41, 5.74) is 1.24. The Morgan fingerprint density at radius 2 is 2.10 bits per heavy atom. The number of carboxylic acid groups (broad SMARTS) is 1. The Kier molecular flexibility index (Phi) is 3.31. The van der Waals surface area contributed by atoms with Crippen molar-refractivity contribution in [3.8, 4) is 0 Å². The van der Waals surface area contributed by atoms with Gasteiger partial charge in [0.15, 0.2) is 0 Å². The Morgan fingerprint density at radius 1 is 1.30 bits per heavy atom. The number of benzene rings is 1. The number of carboxylic acids is 1. The van der Waals surface area contributed by atoms with E-state index in [4.69, 9.17) is 0 Å². The molecule has 0 aliphatic carbocycles. The summed E-state index contributed by atoms with van der Waals surface area (Å²) in [6, 6.07) is 8.25. The second kappa shape index (κ2) is 5.13. The number of thioether (sulfide) groups is 1. The van der Waals surface area contributed by atoms with Gasteiger partial charge in [-0.1, -0.05) is 18.2 Å². The number of aliphatic carboxylic acids is 1. The van der Waals surface area contributed by atoms with E-state index in [-0.39, 0.29) is 5.91 Å². The SMILES string of the molecule is O=C(O)C1CSCN1C(=O)c1ccnc2ccccc12. The highest BCUT2D eigenvalue weighted by Crippen LogP contribution is 2.25. The fraction of sp³-hybridized carbons (Fsp3) is 0.214. The van der Waals surface area contributed by atoms with Crippen LogP contribution in [0.15, 0.2) is 36.5 Å². The van der Waals surface area contributed by atoms with E-state index in [2.05, 4.69) is 4.98 Å². The van der Waals surface area contributed by atoms with Crippen LogP contribution in [0.3, 0.4) is 0 Å². The van der Waals surface area contributed by atoms with Crippen LogP contribution in [0, 0.1) is 0 Å². The van der Waals surface area contributed by atoms with Crippen LogP contribution < -0.4 is 0 Å². The first-order valence-corrected chi connectivity index (χ1v) is 7.29. The molecule has 102 valence electrons. The third kappa shape index (κ3) is 2.12. The highest BCUT2D eigenvalue weighted by Gasteiger charge is 2.35. The van der Waals surface area contributed by atoms with Gasteiger partial charge in [0.2, 0.25) is 0 Å². The van der Waals surface area contributed by atoms with E-state index in [1.807, 2.05) is 24.3 Å². The van der Waals surface area contributed by atoms with Crippen molar-refractivity contribution >= 4 is 34.5 Å². The van der Waals surface area contributed by atoms with Crippen LogP contribution >= 0.6 is 11.8 Å². The van der Waals surface area contributed by atoms with Crippen molar-refractivity contribution in [1.29, 1.82) is 0 Å². The van der Waals surface area contributed by atoms with Crippen LogP contribution in [0.1, 0.15) is 10.4 Å². The monoisotopic (exact) mass is 288 g/mol. The summed E-state index contributed by atoms with van der Waals surface area (Å²) < 4.78 is 0. The second-order valence-corrected chi connectivity index (χ2v) is 5.50. The van der Waals surface area contributed by atoms with Gasteiger partial charge < -0.3 is 10.0 Å². The van der Waals surface area contributed by atoms with E-state index in [9.17, 15) is 14.7 Å². The normalized spacial score (nSPS) is 18.4.